The summed E-state index contributed by atoms with van der Waals surface area (Å²) in [7, 11) is 0. The summed E-state index contributed by atoms with van der Waals surface area (Å²) in [6.45, 7) is 2.53. The zero-order chi connectivity index (χ0) is 19.1. The van der Waals surface area contributed by atoms with Crippen LogP contribution in [0.2, 0.25) is 0 Å². The van der Waals surface area contributed by atoms with Gasteiger partial charge in [-0.25, -0.2) is 4.79 Å². The van der Waals surface area contributed by atoms with Crippen molar-refractivity contribution in [3.8, 4) is 22.9 Å². The molecular formula is C22H20N2O3. The van der Waals surface area contributed by atoms with Gasteiger partial charge >= 0.3 is 5.97 Å². The summed E-state index contributed by atoms with van der Waals surface area (Å²) in [6.07, 6.45) is 1.89. The summed E-state index contributed by atoms with van der Waals surface area (Å²) < 4.78 is 10.9. The zero-order valence-electron chi connectivity index (χ0n) is 15.1. The first-order valence-electron chi connectivity index (χ1n) is 8.74. The van der Waals surface area contributed by atoms with Crippen LogP contribution in [-0.4, -0.2) is 17.6 Å². The van der Waals surface area contributed by atoms with E-state index < -0.39 is 5.97 Å². The number of H-pyrrole nitrogens is 1. The number of nitrogens with one attached hydrogen (secondary N) is 1. The van der Waals surface area contributed by atoms with Crippen molar-refractivity contribution in [3.63, 3.8) is 0 Å². The minimum Gasteiger partial charge on any atom is -0.489 e. The summed E-state index contributed by atoms with van der Waals surface area (Å²) in [5, 5.41) is 9.06. The van der Waals surface area contributed by atoms with Crippen molar-refractivity contribution in [2.45, 2.75) is 20.0 Å². The average molecular weight is 360 g/mol. The first-order valence-corrected chi connectivity index (χ1v) is 8.74. The van der Waals surface area contributed by atoms with Crippen LogP contribution in [0.3, 0.4) is 0 Å². The lowest BCUT2D eigenvalue weighted by Gasteiger charge is -2.09. The summed E-state index contributed by atoms with van der Waals surface area (Å²) in [5.41, 5.74) is 3.74. The predicted octanol–water partition coefficient (Wildman–Crippen LogP) is 4.50. The van der Waals surface area contributed by atoms with Gasteiger partial charge in [-0.2, -0.15) is 5.26 Å². The Bertz CT molecular complexity index is 938. The van der Waals surface area contributed by atoms with Gasteiger partial charge in [-0.05, 0) is 35.7 Å². The number of benzene rings is 2. The van der Waals surface area contributed by atoms with Crippen LogP contribution in [0.25, 0.3) is 11.1 Å². The molecule has 0 radical (unpaired) electrons. The Morgan fingerprint density at radius 1 is 1.11 bits per heavy atom. The number of carbonyl (C=O) groups is 1. The van der Waals surface area contributed by atoms with E-state index in [9.17, 15) is 4.79 Å². The number of ether oxygens (including phenoxy) is 2. The van der Waals surface area contributed by atoms with E-state index in [4.69, 9.17) is 14.7 Å². The van der Waals surface area contributed by atoms with Crippen molar-refractivity contribution < 1.29 is 14.3 Å². The molecule has 3 rings (SSSR count). The van der Waals surface area contributed by atoms with Gasteiger partial charge in [-0.15, -0.1) is 0 Å². The van der Waals surface area contributed by atoms with E-state index in [0.29, 0.717) is 17.9 Å². The second-order valence-corrected chi connectivity index (χ2v) is 5.92. The molecule has 5 heteroatoms. The second kappa shape index (κ2) is 8.72. The minimum absolute atomic E-state index is 0.206. The molecule has 0 amide bonds. The number of rotatable bonds is 7. The van der Waals surface area contributed by atoms with Crippen LogP contribution in [0.15, 0.2) is 60.8 Å². The fourth-order valence-corrected chi connectivity index (χ4v) is 2.84. The quantitative estimate of drug-likeness (QED) is 0.629. The standard InChI is InChI=1S/C22H20N2O3/c1-2-26-22(25)21-20(18(12-13-23)14-24-21)17-8-10-19(11-9-17)27-15-16-6-4-3-5-7-16/h3-11,14,24H,2,12,15H2,1H3. The molecule has 2 aromatic carbocycles. The van der Waals surface area contributed by atoms with Crippen LogP contribution in [0, 0.1) is 11.3 Å². The van der Waals surface area contributed by atoms with E-state index in [1.807, 2.05) is 54.6 Å². The van der Waals surface area contributed by atoms with E-state index in [2.05, 4.69) is 11.1 Å². The molecule has 5 nitrogen and oxygen atoms in total. The van der Waals surface area contributed by atoms with Crippen molar-refractivity contribution >= 4 is 5.97 Å². The highest BCUT2D eigenvalue weighted by Gasteiger charge is 2.20. The lowest BCUT2D eigenvalue weighted by molar-refractivity contribution is 0.0521. The van der Waals surface area contributed by atoms with Crippen molar-refractivity contribution in [2.24, 2.45) is 0 Å². The highest BCUT2D eigenvalue weighted by molar-refractivity contribution is 5.96. The normalized spacial score (nSPS) is 10.2. The Hall–Kier alpha value is -3.52. The maximum atomic E-state index is 12.2. The first kappa shape index (κ1) is 18.3. The molecule has 0 spiro atoms. The SMILES string of the molecule is CCOC(=O)c1[nH]cc(CC#N)c1-c1ccc(OCc2ccccc2)cc1. The Kier molecular flexibility index (Phi) is 5.91. The highest BCUT2D eigenvalue weighted by Crippen LogP contribution is 2.30. The minimum atomic E-state index is -0.430. The highest BCUT2D eigenvalue weighted by atomic mass is 16.5. The van der Waals surface area contributed by atoms with Crippen LogP contribution >= 0.6 is 0 Å². The third-order valence-corrected chi connectivity index (χ3v) is 4.10. The largest absolute Gasteiger partial charge is 0.489 e. The summed E-state index contributed by atoms with van der Waals surface area (Å²) in [4.78, 5) is 15.2. The maximum absolute atomic E-state index is 12.2. The number of carbonyl (C=O) groups excluding carboxylic acids is 1. The monoisotopic (exact) mass is 360 g/mol. The molecule has 3 aromatic rings. The Labute approximate surface area is 158 Å². The number of nitrogens with zero attached hydrogens (tertiary/aromatic N) is 1. The number of aromatic amines is 1. The van der Waals surface area contributed by atoms with Crippen LogP contribution in [0.4, 0.5) is 0 Å². The summed E-state index contributed by atoms with van der Waals surface area (Å²) in [6, 6.07) is 19.5. The molecule has 0 aliphatic heterocycles. The Balaban J connectivity index is 1.82. The van der Waals surface area contributed by atoms with Crippen molar-refractivity contribution in [2.75, 3.05) is 6.61 Å². The van der Waals surface area contributed by atoms with Gasteiger partial charge in [0.15, 0.2) is 0 Å². The molecule has 0 aliphatic carbocycles. The molecule has 27 heavy (non-hydrogen) atoms. The summed E-state index contributed by atoms with van der Waals surface area (Å²) >= 11 is 0. The zero-order valence-corrected chi connectivity index (χ0v) is 15.1. The Morgan fingerprint density at radius 2 is 1.85 bits per heavy atom. The van der Waals surface area contributed by atoms with Crippen molar-refractivity contribution in [1.82, 2.24) is 4.98 Å². The molecule has 0 atom stereocenters. The number of hydrogen-bond acceptors (Lipinski definition) is 4. The maximum Gasteiger partial charge on any atom is 0.355 e. The topological polar surface area (TPSA) is 75.1 Å². The van der Waals surface area contributed by atoms with Crippen molar-refractivity contribution in [3.05, 3.63) is 77.6 Å². The molecule has 1 aromatic heterocycles. The third kappa shape index (κ3) is 4.36. The van der Waals surface area contributed by atoms with E-state index >= 15 is 0 Å². The van der Waals surface area contributed by atoms with Gasteiger partial charge in [-0.3, -0.25) is 0 Å². The van der Waals surface area contributed by atoms with E-state index in [1.54, 1.807) is 13.1 Å². The Morgan fingerprint density at radius 3 is 2.52 bits per heavy atom. The fraction of sp³-hybridized carbons (Fsp3) is 0.182. The molecule has 0 saturated carbocycles. The van der Waals surface area contributed by atoms with Crippen LogP contribution < -0.4 is 4.74 Å². The smallest absolute Gasteiger partial charge is 0.355 e. The van der Waals surface area contributed by atoms with Crippen LogP contribution in [-0.2, 0) is 17.8 Å². The van der Waals surface area contributed by atoms with Crippen LogP contribution in [0.5, 0.6) is 5.75 Å². The summed E-state index contributed by atoms with van der Waals surface area (Å²) in [5.74, 6) is 0.304. The lowest BCUT2D eigenvalue weighted by Crippen LogP contribution is -2.06. The molecule has 0 saturated heterocycles. The van der Waals surface area contributed by atoms with Gasteiger partial charge in [0, 0.05) is 11.8 Å². The average Bonchev–Trinajstić information content (AvgIpc) is 3.12. The second-order valence-electron chi connectivity index (χ2n) is 5.92. The molecule has 136 valence electrons. The number of esters is 1. The molecule has 0 aliphatic rings. The predicted molar refractivity (Wildman–Crippen MR) is 102 cm³/mol. The first-order chi connectivity index (χ1) is 13.2. The van der Waals surface area contributed by atoms with E-state index in [-0.39, 0.29) is 13.0 Å². The van der Waals surface area contributed by atoms with Gasteiger partial charge in [0.1, 0.15) is 18.1 Å². The number of aromatic nitrogens is 1. The number of nitriles is 1. The molecule has 1 heterocycles. The van der Waals surface area contributed by atoms with Crippen LogP contribution in [0.1, 0.15) is 28.5 Å². The van der Waals surface area contributed by atoms with Gasteiger partial charge in [0.25, 0.3) is 0 Å². The lowest BCUT2D eigenvalue weighted by atomic mass is 10.00. The van der Waals surface area contributed by atoms with Crippen molar-refractivity contribution in [1.29, 1.82) is 5.26 Å². The van der Waals surface area contributed by atoms with E-state index in [1.165, 1.54) is 0 Å². The van der Waals surface area contributed by atoms with Gasteiger partial charge in [-0.1, -0.05) is 42.5 Å². The molecule has 0 unspecified atom stereocenters. The van der Waals surface area contributed by atoms with E-state index in [0.717, 1.165) is 22.4 Å². The molecule has 0 bridgehead atoms. The molecule has 0 fully saturated rings. The number of hydrogen-bond donors (Lipinski definition) is 1. The van der Waals surface area contributed by atoms with Gasteiger partial charge in [0.2, 0.25) is 0 Å². The van der Waals surface area contributed by atoms with Gasteiger partial charge in [0.05, 0.1) is 19.1 Å². The fourth-order valence-electron chi connectivity index (χ4n) is 2.84. The molecule has 1 N–H and O–H groups in total. The molecular weight excluding hydrogens is 340 g/mol. The third-order valence-electron chi connectivity index (χ3n) is 4.10. The van der Waals surface area contributed by atoms with Gasteiger partial charge < -0.3 is 14.5 Å².